The molecule has 106 valence electrons. The van der Waals surface area contributed by atoms with Crippen molar-refractivity contribution in [1.29, 1.82) is 0 Å². The van der Waals surface area contributed by atoms with Gasteiger partial charge in [0.25, 0.3) is 5.60 Å². The van der Waals surface area contributed by atoms with Gasteiger partial charge in [-0.3, -0.25) is 0 Å². The molecule has 1 aromatic rings. The third kappa shape index (κ3) is 3.57. The predicted octanol–water partition coefficient (Wildman–Crippen LogP) is 0.988. The fourth-order valence-corrected chi connectivity index (χ4v) is 1.56. The number of hydrogen-bond donors (Lipinski definition) is 1. The highest BCUT2D eigenvalue weighted by molar-refractivity contribution is 6.03. The van der Waals surface area contributed by atoms with Crippen molar-refractivity contribution >= 4 is 11.9 Å². The van der Waals surface area contributed by atoms with Crippen molar-refractivity contribution in [2.45, 2.75) is 32.8 Å². The normalized spacial score (nSPS) is 11.2. The second-order valence-electron chi connectivity index (χ2n) is 3.99. The fraction of sp³-hybridized carbons (Fsp3) is 0.538. The lowest BCUT2D eigenvalue weighted by atomic mass is 9.98. The van der Waals surface area contributed by atoms with E-state index in [9.17, 15) is 14.7 Å². The Morgan fingerprint density at radius 1 is 1.21 bits per heavy atom. The molecule has 1 aromatic heterocycles. The first-order valence-electron chi connectivity index (χ1n) is 6.06. The Kier molecular flexibility index (Phi) is 5.11. The van der Waals surface area contributed by atoms with Crippen LogP contribution in [0, 0.1) is 6.92 Å². The Hall–Kier alpha value is -1.82. The summed E-state index contributed by atoms with van der Waals surface area (Å²) in [5.74, 6) is -1.16. The summed E-state index contributed by atoms with van der Waals surface area (Å²) in [6.45, 7) is 4.99. The van der Waals surface area contributed by atoms with Crippen molar-refractivity contribution in [3.63, 3.8) is 0 Å². The van der Waals surface area contributed by atoms with Crippen LogP contribution in [0.15, 0.2) is 16.5 Å². The topological polar surface area (TPSA) is 86.0 Å². The second kappa shape index (κ2) is 6.38. The number of aryl methyl sites for hydroxylation is 1. The molecule has 0 spiro atoms. The molecule has 0 aromatic carbocycles. The summed E-state index contributed by atoms with van der Waals surface area (Å²) in [6.07, 6.45) is -0.321. The molecule has 6 heteroatoms. The molecular weight excluding hydrogens is 252 g/mol. The van der Waals surface area contributed by atoms with Gasteiger partial charge in [-0.15, -0.1) is 0 Å². The number of esters is 2. The summed E-state index contributed by atoms with van der Waals surface area (Å²) < 4.78 is 14.7. The van der Waals surface area contributed by atoms with E-state index in [1.54, 1.807) is 32.9 Å². The molecule has 0 aliphatic carbocycles. The summed E-state index contributed by atoms with van der Waals surface area (Å²) in [5, 5.41) is 10.3. The third-order valence-corrected chi connectivity index (χ3v) is 2.45. The van der Waals surface area contributed by atoms with Crippen LogP contribution in [0.1, 0.15) is 25.4 Å². The maximum atomic E-state index is 11.8. The Balaban J connectivity index is 2.97. The van der Waals surface area contributed by atoms with E-state index in [2.05, 4.69) is 0 Å². The van der Waals surface area contributed by atoms with Crippen LogP contribution in [-0.2, 0) is 25.5 Å². The SMILES string of the molecule is CCOC(=O)C(O)(Cc1ccc(C)o1)C(=O)OCC. The molecule has 0 fully saturated rings. The van der Waals surface area contributed by atoms with Gasteiger partial charge in [-0.2, -0.15) is 0 Å². The molecule has 0 saturated carbocycles. The van der Waals surface area contributed by atoms with Crippen LogP contribution >= 0.6 is 0 Å². The number of aliphatic hydroxyl groups is 1. The number of furan rings is 1. The highest BCUT2D eigenvalue weighted by Gasteiger charge is 2.48. The van der Waals surface area contributed by atoms with Gasteiger partial charge in [-0.25, -0.2) is 9.59 Å². The Morgan fingerprint density at radius 3 is 2.11 bits per heavy atom. The standard InChI is InChI=1S/C13H18O6/c1-4-17-11(14)13(16,12(15)18-5-2)8-10-7-6-9(3)19-10/h6-7,16H,4-5,8H2,1-3H3. The molecule has 19 heavy (non-hydrogen) atoms. The van der Waals surface area contributed by atoms with E-state index in [1.165, 1.54) is 0 Å². The van der Waals surface area contributed by atoms with Crippen molar-refractivity contribution in [2.75, 3.05) is 13.2 Å². The smallest absolute Gasteiger partial charge is 0.350 e. The lowest BCUT2D eigenvalue weighted by Gasteiger charge is -2.22. The quantitative estimate of drug-likeness (QED) is 0.612. The third-order valence-electron chi connectivity index (χ3n) is 2.45. The number of hydrogen-bond acceptors (Lipinski definition) is 6. The van der Waals surface area contributed by atoms with Crippen molar-refractivity contribution in [3.8, 4) is 0 Å². The van der Waals surface area contributed by atoms with Crippen molar-refractivity contribution < 1.29 is 28.6 Å². The molecule has 0 unspecified atom stereocenters. The van der Waals surface area contributed by atoms with Gasteiger partial charge in [-0.1, -0.05) is 0 Å². The van der Waals surface area contributed by atoms with Gasteiger partial charge in [0.05, 0.1) is 19.6 Å². The van der Waals surface area contributed by atoms with Crippen molar-refractivity contribution in [3.05, 3.63) is 23.7 Å². The molecule has 0 bridgehead atoms. The number of carbonyl (C=O) groups is 2. The van der Waals surface area contributed by atoms with Gasteiger partial charge in [0.1, 0.15) is 11.5 Å². The minimum atomic E-state index is -2.38. The molecule has 1 heterocycles. The predicted molar refractivity (Wildman–Crippen MR) is 65.4 cm³/mol. The summed E-state index contributed by atoms with van der Waals surface area (Å²) in [7, 11) is 0. The minimum absolute atomic E-state index is 0.0533. The molecule has 0 saturated heterocycles. The number of ether oxygens (including phenoxy) is 2. The molecule has 0 aliphatic heterocycles. The van der Waals surface area contributed by atoms with E-state index in [0.29, 0.717) is 11.5 Å². The highest BCUT2D eigenvalue weighted by Crippen LogP contribution is 2.19. The molecule has 0 radical (unpaired) electrons. The molecule has 0 aliphatic rings. The van der Waals surface area contributed by atoms with E-state index >= 15 is 0 Å². The summed E-state index contributed by atoms with van der Waals surface area (Å²) in [6, 6.07) is 3.25. The highest BCUT2D eigenvalue weighted by atomic mass is 16.6. The van der Waals surface area contributed by atoms with E-state index in [1.807, 2.05) is 0 Å². The van der Waals surface area contributed by atoms with E-state index in [0.717, 1.165) is 0 Å². The maximum absolute atomic E-state index is 11.8. The minimum Gasteiger partial charge on any atom is -0.466 e. The zero-order valence-electron chi connectivity index (χ0n) is 11.3. The van der Waals surface area contributed by atoms with Crippen LogP contribution in [0.4, 0.5) is 0 Å². The van der Waals surface area contributed by atoms with Gasteiger partial charge in [0, 0.05) is 0 Å². The summed E-state index contributed by atoms with van der Waals surface area (Å²) >= 11 is 0. The number of carbonyl (C=O) groups excluding carboxylic acids is 2. The van der Waals surface area contributed by atoms with Crippen LogP contribution in [0.3, 0.4) is 0 Å². The first-order chi connectivity index (χ1) is 8.93. The van der Waals surface area contributed by atoms with Gasteiger partial charge in [0.15, 0.2) is 0 Å². The fourth-order valence-electron chi connectivity index (χ4n) is 1.56. The average Bonchev–Trinajstić information content (AvgIpc) is 2.75. The van der Waals surface area contributed by atoms with Gasteiger partial charge < -0.3 is 19.0 Å². The molecule has 1 N–H and O–H groups in total. The summed E-state index contributed by atoms with van der Waals surface area (Å²) in [4.78, 5) is 23.6. The maximum Gasteiger partial charge on any atom is 0.350 e. The van der Waals surface area contributed by atoms with Crippen LogP contribution in [0.25, 0.3) is 0 Å². The monoisotopic (exact) mass is 270 g/mol. The second-order valence-corrected chi connectivity index (χ2v) is 3.99. The molecule has 0 amide bonds. The zero-order valence-corrected chi connectivity index (χ0v) is 11.3. The van der Waals surface area contributed by atoms with Crippen LogP contribution in [0.5, 0.6) is 0 Å². The largest absolute Gasteiger partial charge is 0.466 e. The van der Waals surface area contributed by atoms with Gasteiger partial charge in [0.2, 0.25) is 0 Å². The van der Waals surface area contributed by atoms with Crippen LogP contribution in [0.2, 0.25) is 0 Å². The molecule has 0 atom stereocenters. The zero-order chi connectivity index (χ0) is 14.5. The Morgan fingerprint density at radius 2 is 1.74 bits per heavy atom. The van der Waals surface area contributed by atoms with E-state index < -0.39 is 17.5 Å². The van der Waals surface area contributed by atoms with Gasteiger partial charge >= 0.3 is 11.9 Å². The lowest BCUT2D eigenvalue weighted by molar-refractivity contribution is -0.183. The van der Waals surface area contributed by atoms with Gasteiger partial charge in [-0.05, 0) is 32.9 Å². The first-order valence-corrected chi connectivity index (χ1v) is 6.06. The molecule has 1 rings (SSSR count). The van der Waals surface area contributed by atoms with Crippen LogP contribution in [-0.4, -0.2) is 35.9 Å². The van der Waals surface area contributed by atoms with Crippen molar-refractivity contribution in [2.24, 2.45) is 0 Å². The number of rotatable bonds is 6. The van der Waals surface area contributed by atoms with Crippen LogP contribution < -0.4 is 0 Å². The first kappa shape index (κ1) is 15.2. The molecular formula is C13H18O6. The van der Waals surface area contributed by atoms with E-state index in [-0.39, 0.29) is 19.6 Å². The summed E-state index contributed by atoms with van der Waals surface area (Å²) in [5.41, 5.74) is -2.38. The average molecular weight is 270 g/mol. The van der Waals surface area contributed by atoms with Crippen molar-refractivity contribution in [1.82, 2.24) is 0 Å². The Labute approximate surface area is 111 Å². The lowest BCUT2D eigenvalue weighted by Crippen LogP contribution is -2.50. The Bertz CT molecular complexity index is 430. The van der Waals surface area contributed by atoms with E-state index in [4.69, 9.17) is 13.9 Å². The molecule has 6 nitrogen and oxygen atoms in total.